The number of hydrogen-bond donors (Lipinski definition) is 2. The molecule has 1 aliphatic carbocycles. The Morgan fingerprint density at radius 2 is 1.97 bits per heavy atom. The topological polar surface area (TPSA) is 81.4 Å². The molecule has 0 heterocycles. The highest BCUT2D eigenvalue weighted by molar-refractivity contribution is 7.98. The molecule has 0 spiro atoms. The molecule has 0 saturated heterocycles. The molecule has 1 aliphatic rings. The molecule has 1 unspecified atom stereocenters. The zero-order valence-corrected chi connectivity index (χ0v) is 19.2. The second-order valence-electron chi connectivity index (χ2n) is 7.29. The van der Waals surface area contributed by atoms with E-state index >= 15 is 0 Å². The van der Waals surface area contributed by atoms with Crippen LogP contribution in [0.15, 0.2) is 65.4 Å². The summed E-state index contributed by atoms with van der Waals surface area (Å²) in [6.45, 7) is 5.72. The molecular formula is C24H34N2O3S. The predicted octanol–water partition coefficient (Wildman–Crippen LogP) is 4.15. The lowest BCUT2D eigenvalue weighted by atomic mass is 9.99. The number of hydrogen-bond acceptors (Lipinski definition) is 5. The van der Waals surface area contributed by atoms with Gasteiger partial charge in [0.25, 0.3) is 0 Å². The van der Waals surface area contributed by atoms with Gasteiger partial charge in [-0.15, -0.1) is 0 Å². The summed E-state index contributed by atoms with van der Waals surface area (Å²) in [5.74, 6) is 0.458. The first kappa shape index (κ1) is 25.6. The maximum Gasteiger partial charge on any atom is 0.328 e. The van der Waals surface area contributed by atoms with Crippen molar-refractivity contribution in [3.05, 3.63) is 71.0 Å². The van der Waals surface area contributed by atoms with E-state index in [0.717, 1.165) is 24.3 Å². The summed E-state index contributed by atoms with van der Waals surface area (Å²) in [7, 11) is 0. The molecule has 164 valence electrons. The molecule has 0 fully saturated rings. The van der Waals surface area contributed by atoms with Gasteiger partial charge in [0.15, 0.2) is 0 Å². The number of thioether (sulfide) groups is 1. The lowest BCUT2D eigenvalue weighted by Crippen LogP contribution is -2.38. The first-order valence-electron chi connectivity index (χ1n) is 10.1. The number of esters is 1. The number of carbonyl (C=O) groups excluding carboxylic acids is 2. The van der Waals surface area contributed by atoms with Gasteiger partial charge in [0.05, 0.1) is 6.10 Å². The molecule has 30 heavy (non-hydrogen) atoms. The number of nitrogens with two attached hydrogens (primary N) is 1. The molecule has 0 saturated carbocycles. The van der Waals surface area contributed by atoms with Crippen molar-refractivity contribution in [1.82, 2.24) is 5.32 Å². The Hall–Kier alpha value is -2.47. The molecule has 2 rings (SSSR count). The van der Waals surface area contributed by atoms with Crippen molar-refractivity contribution in [3.63, 3.8) is 0 Å². The Balaban J connectivity index is 0.000000304. The molecule has 0 bridgehead atoms. The fourth-order valence-electron chi connectivity index (χ4n) is 2.72. The molecule has 0 aliphatic heterocycles. The number of rotatable bonds is 9. The van der Waals surface area contributed by atoms with Crippen LogP contribution in [0.1, 0.15) is 39.2 Å². The smallest absolute Gasteiger partial charge is 0.328 e. The molecule has 1 amide bonds. The number of ether oxygens (including phenoxy) is 1. The van der Waals surface area contributed by atoms with Gasteiger partial charge in [-0.25, -0.2) is 4.79 Å². The average molecular weight is 431 g/mol. The Labute approximate surface area is 184 Å². The van der Waals surface area contributed by atoms with E-state index in [1.807, 2.05) is 18.4 Å². The number of benzene rings is 1. The summed E-state index contributed by atoms with van der Waals surface area (Å²) in [4.78, 5) is 21.6. The van der Waals surface area contributed by atoms with Crippen molar-refractivity contribution in [2.45, 2.75) is 52.2 Å². The van der Waals surface area contributed by atoms with E-state index in [0.29, 0.717) is 12.8 Å². The van der Waals surface area contributed by atoms with E-state index < -0.39 is 6.04 Å². The Morgan fingerprint density at radius 3 is 2.57 bits per heavy atom. The monoisotopic (exact) mass is 430 g/mol. The zero-order valence-electron chi connectivity index (χ0n) is 18.4. The van der Waals surface area contributed by atoms with Crippen LogP contribution in [0.2, 0.25) is 0 Å². The van der Waals surface area contributed by atoms with Gasteiger partial charge < -0.3 is 15.8 Å². The lowest BCUT2D eigenvalue weighted by molar-refractivity contribution is -0.150. The van der Waals surface area contributed by atoms with Gasteiger partial charge in [-0.1, -0.05) is 48.1 Å². The Bertz CT molecular complexity index is 755. The minimum Gasteiger partial charge on any atom is -0.461 e. The maximum atomic E-state index is 11.4. The van der Waals surface area contributed by atoms with Crippen LogP contribution >= 0.6 is 11.8 Å². The highest BCUT2D eigenvalue weighted by atomic mass is 32.2. The minimum atomic E-state index is -0.512. The number of allylic oxidation sites excluding steroid dienone is 5. The average Bonchev–Trinajstić information content (AvgIpc) is 2.87. The van der Waals surface area contributed by atoms with Gasteiger partial charge in [-0.3, -0.25) is 4.79 Å². The molecule has 3 N–H and O–H groups in total. The van der Waals surface area contributed by atoms with Crippen molar-refractivity contribution >= 4 is 24.1 Å². The first-order chi connectivity index (χ1) is 14.4. The van der Waals surface area contributed by atoms with Crippen LogP contribution in [-0.2, 0) is 20.7 Å². The Morgan fingerprint density at radius 1 is 1.27 bits per heavy atom. The van der Waals surface area contributed by atoms with Crippen molar-refractivity contribution in [2.75, 3.05) is 12.0 Å². The molecule has 1 aromatic rings. The fraction of sp³-hybridized carbons (Fsp3) is 0.417. The zero-order chi connectivity index (χ0) is 22.4. The standard InChI is InChI=1S/C15H17N.C9H17NO3S/c1-12-7-9-15(16)10-8-14(12)11-13-5-3-2-4-6-13;1-7(2)13-9(12)8(10-6-11)4-5-14-3/h2-8,10H,9,11,16H2,1H3;6-8H,4-5H2,1-3H3,(H,10,11). The maximum absolute atomic E-state index is 11.4. The predicted molar refractivity (Wildman–Crippen MR) is 126 cm³/mol. The summed E-state index contributed by atoms with van der Waals surface area (Å²) in [6.07, 6.45) is 11.1. The summed E-state index contributed by atoms with van der Waals surface area (Å²) in [5, 5.41) is 2.45. The molecule has 1 aromatic carbocycles. The largest absolute Gasteiger partial charge is 0.461 e. The molecular weight excluding hydrogens is 396 g/mol. The van der Waals surface area contributed by atoms with Crippen LogP contribution in [0.25, 0.3) is 0 Å². The van der Waals surface area contributed by atoms with E-state index in [1.165, 1.54) is 16.7 Å². The summed E-state index contributed by atoms with van der Waals surface area (Å²) < 4.78 is 4.99. The van der Waals surface area contributed by atoms with Crippen molar-refractivity contribution in [3.8, 4) is 0 Å². The highest BCUT2D eigenvalue weighted by Gasteiger charge is 2.19. The van der Waals surface area contributed by atoms with Crippen molar-refractivity contribution in [2.24, 2.45) is 5.73 Å². The second kappa shape index (κ2) is 14.5. The third-order valence-corrected chi connectivity index (χ3v) is 5.05. The van der Waals surface area contributed by atoms with E-state index in [2.05, 4.69) is 48.7 Å². The summed E-state index contributed by atoms with van der Waals surface area (Å²) in [5.41, 5.74) is 10.8. The van der Waals surface area contributed by atoms with Crippen molar-refractivity contribution < 1.29 is 14.3 Å². The quantitative estimate of drug-likeness (QED) is 0.454. The molecule has 5 nitrogen and oxygen atoms in total. The molecule has 0 radical (unpaired) electrons. The first-order valence-corrected chi connectivity index (χ1v) is 11.5. The lowest BCUT2D eigenvalue weighted by Gasteiger charge is -2.16. The van der Waals surface area contributed by atoms with Gasteiger partial charge in [0, 0.05) is 12.1 Å². The fourth-order valence-corrected chi connectivity index (χ4v) is 3.20. The van der Waals surface area contributed by atoms with Crippen LogP contribution in [-0.4, -0.2) is 36.5 Å². The van der Waals surface area contributed by atoms with Gasteiger partial charge in [-0.05, 0) is 62.8 Å². The third kappa shape index (κ3) is 10.3. The molecule has 1 atom stereocenters. The summed E-state index contributed by atoms with van der Waals surface area (Å²) >= 11 is 1.63. The van der Waals surface area contributed by atoms with Crippen LogP contribution in [0.5, 0.6) is 0 Å². The van der Waals surface area contributed by atoms with Crippen LogP contribution in [0.4, 0.5) is 0 Å². The third-order valence-electron chi connectivity index (χ3n) is 4.40. The molecule has 0 aromatic heterocycles. The van der Waals surface area contributed by atoms with Crippen LogP contribution in [0, 0.1) is 0 Å². The van der Waals surface area contributed by atoms with E-state index in [4.69, 9.17) is 10.5 Å². The van der Waals surface area contributed by atoms with Crippen molar-refractivity contribution in [1.29, 1.82) is 0 Å². The van der Waals surface area contributed by atoms with Crippen LogP contribution < -0.4 is 11.1 Å². The SMILES string of the molecule is CC1=CCC(N)=CC=C1Cc1ccccc1.CSCCC(NC=O)C(=O)OC(C)C. The van der Waals surface area contributed by atoms with E-state index in [1.54, 1.807) is 25.6 Å². The van der Waals surface area contributed by atoms with Gasteiger partial charge in [0.1, 0.15) is 6.04 Å². The van der Waals surface area contributed by atoms with Gasteiger partial charge in [0.2, 0.25) is 6.41 Å². The minimum absolute atomic E-state index is 0.146. The van der Waals surface area contributed by atoms with Gasteiger partial charge in [-0.2, -0.15) is 11.8 Å². The van der Waals surface area contributed by atoms with Crippen LogP contribution in [0.3, 0.4) is 0 Å². The highest BCUT2D eigenvalue weighted by Crippen LogP contribution is 2.20. The number of nitrogens with one attached hydrogen (secondary N) is 1. The molecule has 6 heteroatoms. The number of amides is 1. The number of carbonyl (C=O) groups is 2. The van der Waals surface area contributed by atoms with Gasteiger partial charge >= 0.3 is 5.97 Å². The Kier molecular flexibility index (Phi) is 12.4. The van der Waals surface area contributed by atoms with E-state index in [-0.39, 0.29) is 12.1 Å². The normalized spacial score (nSPS) is 14.2. The second-order valence-corrected chi connectivity index (χ2v) is 8.28. The summed E-state index contributed by atoms with van der Waals surface area (Å²) in [6, 6.07) is 10.0. The van der Waals surface area contributed by atoms with E-state index in [9.17, 15) is 9.59 Å².